The average molecular weight is 380 g/mol. The SMILES string of the molecule is CCOC(=O)c1c(Cl)cc(C)nc1N1CCC(NC2CCCCC2)CC1. The first-order chi connectivity index (χ1) is 12.6. The topological polar surface area (TPSA) is 54.5 Å². The number of esters is 1. The summed E-state index contributed by atoms with van der Waals surface area (Å²) in [5, 5.41) is 4.27. The van der Waals surface area contributed by atoms with E-state index in [0.29, 0.717) is 35.1 Å². The lowest BCUT2D eigenvalue weighted by molar-refractivity contribution is 0.0527. The van der Waals surface area contributed by atoms with Crippen LogP contribution in [0, 0.1) is 6.92 Å². The van der Waals surface area contributed by atoms with Gasteiger partial charge in [0.2, 0.25) is 0 Å². The first-order valence-corrected chi connectivity index (χ1v) is 10.3. The molecule has 0 radical (unpaired) electrons. The van der Waals surface area contributed by atoms with Crippen LogP contribution in [-0.4, -0.2) is 42.7 Å². The van der Waals surface area contributed by atoms with Crippen LogP contribution < -0.4 is 10.2 Å². The number of piperidine rings is 1. The van der Waals surface area contributed by atoms with Crippen molar-refractivity contribution in [2.75, 3.05) is 24.6 Å². The van der Waals surface area contributed by atoms with Crippen molar-refractivity contribution in [2.24, 2.45) is 0 Å². The van der Waals surface area contributed by atoms with E-state index in [-0.39, 0.29) is 5.97 Å². The van der Waals surface area contributed by atoms with E-state index in [1.54, 1.807) is 13.0 Å². The molecule has 1 aromatic rings. The molecule has 1 N–H and O–H groups in total. The molecule has 144 valence electrons. The molecule has 1 aromatic heterocycles. The smallest absolute Gasteiger partial charge is 0.343 e. The number of ether oxygens (including phenoxy) is 1. The second-order valence-corrected chi connectivity index (χ2v) is 7.83. The molecule has 2 aliphatic rings. The Bertz CT molecular complexity index is 624. The number of anilines is 1. The molecule has 0 bridgehead atoms. The van der Waals surface area contributed by atoms with Gasteiger partial charge in [0.15, 0.2) is 0 Å². The highest BCUT2D eigenvalue weighted by molar-refractivity contribution is 6.34. The zero-order valence-corrected chi connectivity index (χ0v) is 16.6. The standard InChI is InChI=1S/C20H30ClN3O2/c1-3-26-20(25)18-17(21)13-14(2)22-19(18)24-11-9-16(10-12-24)23-15-7-5-4-6-8-15/h13,15-16,23H,3-12H2,1-2H3. The maximum Gasteiger partial charge on any atom is 0.343 e. The zero-order valence-electron chi connectivity index (χ0n) is 15.9. The van der Waals surface area contributed by atoms with Crippen LogP contribution in [0.1, 0.15) is 67.9 Å². The molecular formula is C20H30ClN3O2. The number of nitrogens with one attached hydrogen (secondary N) is 1. The summed E-state index contributed by atoms with van der Waals surface area (Å²) in [6, 6.07) is 2.97. The van der Waals surface area contributed by atoms with Gasteiger partial charge < -0.3 is 15.0 Å². The fraction of sp³-hybridized carbons (Fsp3) is 0.700. The molecule has 1 saturated carbocycles. The summed E-state index contributed by atoms with van der Waals surface area (Å²) < 4.78 is 5.20. The monoisotopic (exact) mass is 379 g/mol. The number of carbonyl (C=O) groups is 1. The third kappa shape index (κ3) is 4.68. The predicted octanol–water partition coefficient (Wildman–Crippen LogP) is 4.11. The van der Waals surface area contributed by atoms with Crippen LogP contribution in [-0.2, 0) is 4.74 Å². The Labute approximate surface area is 161 Å². The van der Waals surface area contributed by atoms with Crippen molar-refractivity contribution in [3.8, 4) is 0 Å². The Hall–Kier alpha value is -1.33. The summed E-state index contributed by atoms with van der Waals surface area (Å²) >= 11 is 6.36. The van der Waals surface area contributed by atoms with Crippen molar-refractivity contribution in [3.63, 3.8) is 0 Å². The van der Waals surface area contributed by atoms with E-state index in [9.17, 15) is 4.79 Å². The first-order valence-electron chi connectivity index (χ1n) is 9.93. The van der Waals surface area contributed by atoms with Crippen molar-refractivity contribution in [2.45, 2.75) is 70.9 Å². The molecule has 0 unspecified atom stereocenters. The van der Waals surface area contributed by atoms with Gasteiger partial charge in [-0.2, -0.15) is 0 Å². The van der Waals surface area contributed by atoms with Gasteiger partial charge in [0.25, 0.3) is 0 Å². The zero-order chi connectivity index (χ0) is 18.5. The average Bonchev–Trinajstić information content (AvgIpc) is 2.62. The van der Waals surface area contributed by atoms with Gasteiger partial charge in [-0.15, -0.1) is 0 Å². The van der Waals surface area contributed by atoms with E-state index in [1.807, 2.05) is 6.92 Å². The molecule has 2 heterocycles. The Morgan fingerprint density at radius 1 is 1.23 bits per heavy atom. The van der Waals surface area contributed by atoms with Gasteiger partial charge in [0, 0.05) is 30.9 Å². The largest absolute Gasteiger partial charge is 0.462 e. The van der Waals surface area contributed by atoms with Crippen LogP contribution in [0.5, 0.6) is 0 Å². The second-order valence-electron chi connectivity index (χ2n) is 7.43. The second kappa shape index (κ2) is 9.05. The normalized spacial score (nSPS) is 19.6. The van der Waals surface area contributed by atoms with Crippen molar-refractivity contribution in [1.29, 1.82) is 0 Å². The fourth-order valence-electron chi connectivity index (χ4n) is 4.10. The summed E-state index contributed by atoms with van der Waals surface area (Å²) in [4.78, 5) is 19.2. The molecule has 0 spiro atoms. The van der Waals surface area contributed by atoms with Crippen LogP contribution in [0.25, 0.3) is 0 Å². The number of hydrogen-bond donors (Lipinski definition) is 1. The van der Waals surface area contributed by atoms with Gasteiger partial charge in [-0.3, -0.25) is 0 Å². The van der Waals surface area contributed by atoms with E-state index >= 15 is 0 Å². The van der Waals surface area contributed by atoms with Crippen molar-refractivity contribution < 1.29 is 9.53 Å². The lowest BCUT2D eigenvalue weighted by Gasteiger charge is -2.36. The minimum atomic E-state index is -0.387. The number of pyridine rings is 1. The number of carbonyl (C=O) groups excluding carboxylic acids is 1. The van der Waals surface area contributed by atoms with Crippen LogP contribution in [0.3, 0.4) is 0 Å². The first kappa shape index (κ1) is 19.4. The third-order valence-electron chi connectivity index (χ3n) is 5.43. The third-order valence-corrected chi connectivity index (χ3v) is 5.73. The van der Waals surface area contributed by atoms with Gasteiger partial charge in [0.05, 0.1) is 11.6 Å². The molecule has 1 saturated heterocycles. The molecular weight excluding hydrogens is 350 g/mol. The highest BCUT2D eigenvalue weighted by Gasteiger charge is 2.28. The van der Waals surface area contributed by atoms with E-state index < -0.39 is 0 Å². The van der Waals surface area contributed by atoms with Crippen LogP contribution >= 0.6 is 11.6 Å². The van der Waals surface area contributed by atoms with Crippen LogP contribution in [0.15, 0.2) is 6.07 Å². The lowest BCUT2D eigenvalue weighted by Crippen LogP contribution is -2.47. The maximum absolute atomic E-state index is 12.4. The van der Waals surface area contributed by atoms with Gasteiger partial charge in [-0.1, -0.05) is 30.9 Å². The van der Waals surface area contributed by atoms with Crippen molar-refractivity contribution in [1.82, 2.24) is 10.3 Å². The van der Waals surface area contributed by atoms with Gasteiger partial charge in [0.1, 0.15) is 11.4 Å². The minimum Gasteiger partial charge on any atom is -0.462 e. The summed E-state index contributed by atoms with van der Waals surface area (Å²) in [6.45, 7) is 5.79. The summed E-state index contributed by atoms with van der Waals surface area (Å²) in [7, 11) is 0. The Morgan fingerprint density at radius 3 is 2.54 bits per heavy atom. The highest BCUT2D eigenvalue weighted by Crippen LogP contribution is 2.30. The van der Waals surface area contributed by atoms with E-state index in [4.69, 9.17) is 16.3 Å². The molecule has 2 fully saturated rings. The molecule has 0 atom stereocenters. The fourth-order valence-corrected chi connectivity index (χ4v) is 4.42. The van der Waals surface area contributed by atoms with Crippen LogP contribution in [0.2, 0.25) is 5.02 Å². The molecule has 1 aliphatic heterocycles. The summed E-state index contributed by atoms with van der Waals surface area (Å²) in [5.41, 5.74) is 1.22. The van der Waals surface area contributed by atoms with Crippen molar-refractivity contribution >= 4 is 23.4 Å². The van der Waals surface area contributed by atoms with E-state index in [0.717, 1.165) is 31.6 Å². The van der Waals surface area contributed by atoms with Gasteiger partial charge in [-0.25, -0.2) is 9.78 Å². The molecule has 3 rings (SSSR count). The van der Waals surface area contributed by atoms with E-state index in [1.165, 1.54) is 32.1 Å². The number of nitrogens with zero attached hydrogens (tertiary/aromatic N) is 2. The number of hydrogen-bond acceptors (Lipinski definition) is 5. The summed E-state index contributed by atoms with van der Waals surface area (Å²) in [6.07, 6.45) is 8.83. The predicted molar refractivity (Wildman–Crippen MR) is 105 cm³/mol. The van der Waals surface area contributed by atoms with E-state index in [2.05, 4.69) is 15.2 Å². The minimum absolute atomic E-state index is 0.329. The van der Waals surface area contributed by atoms with Gasteiger partial charge in [-0.05, 0) is 45.6 Å². The number of aromatic nitrogens is 1. The molecule has 0 aromatic carbocycles. The Kier molecular flexibility index (Phi) is 6.76. The highest BCUT2D eigenvalue weighted by atomic mass is 35.5. The maximum atomic E-state index is 12.4. The Balaban J connectivity index is 1.67. The molecule has 0 amide bonds. The van der Waals surface area contributed by atoms with Gasteiger partial charge >= 0.3 is 5.97 Å². The molecule has 1 aliphatic carbocycles. The number of aryl methyl sites for hydroxylation is 1. The number of halogens is 1. The lowest BCUT2D eigenvalue weighted by atomic mass is 9.93. The molecule has 5 nitrogen and oxygen atoms in total. The summed E-state index contributed by atoms with van der Waals surface area (Å²) in [5.74, 6) is 0.284. The quantitative estimate of drug-likeness (QED) is 0.780. The Morgan fingerprint density at radius 2 is 1.88 bits per heavy atom. The number of rotatable bonds is 5. The molecule has 26 heavy (non-hydrogen) atoms. The van der Waals surface area contributed by atoms with Crippen LogP contribution in [0.4, 0.5) is 5.82 Å². The molecule has 6 heteroatoms. The van der Waals surface area contributed by atoms with Crippen molar-refractivity contribution in [3.05, 3.63) is 22.3 Å².